The first-order valence-corrected chi connectivity index (χ1v) is 11.4. The maximum Gasteiger partial charge on any atom is 0.244 e. The highest BCUT2D eigenvalue weighted by Crippen LogP contribution is 2.26. The summed E-state index contributed by atoms with van der Waals surface area (Å²) >= 11 is 7.03. The summed E-state index contributed by atoms with van der Waals surface area (Å²) in [5.74, 6) is -0.799. The van der Waals surface area contributed by atoms with E-state index in [0.29, 0.717) is 15.2 Å². The normalized spacial score (nSPS) is 12.7. The Morgan fingerprint density at radius 1 is 1.03 bits per heavy atom. The van der Waals surface area contributed by atoms with E-state index in [4.69, 9.17) is 11.6 Å². The molecule has 1 aromatic heterocycles. The van der Waals surface area contributed by atoms with Crippen LogP contribution >= 0.6 is 22.9 Å². The lowest BCUT2D eigenvalue weighted by molar-refractivity contribution is -0.118. The highest BCUT2D eigenvalue weighted by atomic mass is 35.5. The zero-order valence-corrected chi connectivity index (χ0v) is 18.1. The number of hydrogen-bond donors (Lipinski definition) is 2. The second-order valence-electron chi connectivity index (χ2n) is 6.56. The standard InChI is InChI=1S/C19H19ClN4O3S2/c1-12(2)16(24-29(26,27)15-10-8-14(20)9-11-15)17(25)21-19-23-22-18(28-19)13-6-4-3-5-7-13/h3-12,16,24H,1-2H3,(H,21,23,25). The molecule has 0 aliphatic rings. The van der Waals surface area contributed by atoms with Crippen molar-refractivity contribution in [1.29, 1.82) is 0 Å². The molecular weight excluding hydrogens is 432 g/mol. The SMILES string of the molecule is CC(C)C(NS(=O)(=O)c1ccc(Cl)cc1)C(=O)Nc1nnc(-c2ccccc2)s1. The number of nitrogens with one attached hydrogen (secondary N) is 2. The molecule has 1 amide bonds. The monoisotopic (exact) mass is 450 g/mol. The minimum Gasteiger partial charge on any atom is -0.299 e. The Morgan fingerprint density at radius 2 is 1.69 bits per heavy atom. The average Bonchev–Trinajstić information content (AvgIpc) is 3.15. The maximum absolute atomic E-state index is 12.7. The van der Waals surface area contributed by atoms with E-state index in [0.717, 1.165) is 5.56 Å². The van der Waals surface area contributed by atoms with E-state index in [-0.39, 0.29) is 10.8 Å². The van der Waals surface area contributed by atoms with Crippen LogP contribution in [0.2, 0.25) is 5.02 Å². The summed E-state index contributed by atoms with van der Waals surface area (Å²) in [6.45, 7) is 3.51. The van der Waals surface area contributed by atoms with Crippen LogP contribution in [0, 0.1) is 5.92 Å². The minimum atomic E-state index is -3.90. The summed E-state index contributed by atoms with van der Waals surface area (Å²) < 4.78 is 27.8. The molecule has 0 bridgehead atoms. The van der Waals surface area contributed by atoms with Crippen LogP contribution in [0.15, 0.2) is 59.5 Å². The number of hydrogen-bond acceptors (Lipinski definition) is 6. The first kappa shape index (κ1) is 21.4. The first-order valence-electron chi connectivity index (χ1n) is 8.74. The number of benzene rings is 2. The quantitative estimate of drug-likeness (QED) is 0.570. The van der Waals surface area contributed by atoms with E-state index in [2.05, 4.69) is 20.2 Å². The number of nitrogens with zero attached hydrogens (tertiary/aromatic N) is 2. The molecule has 2 aromatic carbocycles. The third kappa shape index (κ3) is 5.39. The Hall–Kier alpha value is -2.33. The zero-order chi connectivity index (χ0) is 21.0. The number of sulfonamides is 1. The van der Waals surface area contributed by atoms with Gasteiger partial charge in [-0.2, -0.15) is 4.72 Å². The van der Waals surface area contributed by atoms with E-state index < -0.39 is 22.0 Å². The fourth-order valence-electron chi connectivity index (χ4n) is 2.50. The van der Waals surface area contributed by atoms with Gasteiger partial charge in [0, 0.05) is 10.6 Å². The van der Waals surface area contributed by atoms with Crippen LogP contribution in [0.3, 0.4) is 0 Å². The van der Waals surface area contributed by atoms with E-state index in [9.17, 15) is 13.2 Å². The van der Waals surface area contributed by atoms with Crippen molar-refractivity contribution in [2.24, 2.45) is 5.92 Å². The molecule has 152 valence electrons. The lowest BCUT2D eigenvalue weighted by atomic mass is 10.1. The van der Waals surface area contributed by atoms with Gasteiger partial charge >= 0.3 is 0 Å². The Morgan fingerprint density at radius 3 is 2.31 bits per heavy atom. The fourth-order valence-corrected chi connectivity index (χ4v) is 4.72. The Kier molecular flexibility index (Phi) is 6.63. The molecule has 0 saturated heterocycles. The van der Waals surface area contributed by atoms with Gasteiger partial charge in [0.1, 0.15) is 11.0 Å². The van der Waals surface area contributed by atoms with Crippen molar-refractivity contribution in [3.63, 3.8) is 0 Å². The highest BCUT2D eigenvalue weighted by molar-refractivity contribution is 7.89. The number of carbonyl (C=O) groups is 1. The molecule has 0 saturated carbocycles. The van der Waals surface area contributed by atoms with Crippen LogP contribution in [0.25, 0.3) is 10.6 Å². The Balaban J connectivity index is 1.75. The van der Waals surface area contributed by atoms with Crippen LogP contribution in [0.5, 0.6) is 0 Å². The van der Waals surface area contributed by atoms with Crippen molar-refractivity contribution < 1.29 is 13.2 Å². The van der Waals surface area contributed by atoms with Gasteiger partial charge in [0.15, 0.2) is 0 Å². The van der Waals surface area contributed by atoms with Gasteiger partial charge in [-0.3, -0.25) is 10.1 Å². The van der Waals surface area contributed by atoms with Gasteiger partial charge < -0.3 is 0 Å². The third-order valence-corrected chi connectivity index (χ3v) is 6.63. The number of halogens is 1. The minimum absolute atomic E-state index is 0.0302. The van der Waals surface area contributed by atoms with Gasteiger partial charge in [-0.25, -0.2) is 8.42 Å². The van der Waals surface area contributed by atoms with Gasteiger partial charge in [-0.05, 0) is 30.2 Å². The molecule has 10 heteroatoms. The van der Waals surface area contributed by atoms with E-state index in [1.807, 2.05) is 30.3 Å². The molecule has 2 N–H and O–H groups in total. The van der Waals surface area contributed by atoms with Crippen molar-refractivity contribution in [3.8, 4) is 10.6 Å². The van der Waals surface area contributed by atoms with Crippen LogP contribution in [0.4, 0.5) is 5.13 Å². The molecule has 0 aliphatic heterocycles. The smallest absolute Gasteiger partial charge is 0.244 e. The topological polar surface area (TPSA) is 101 Å². The van der Waals surface area contributed by atoms with Crippen LogP contribution < -0.4 is 10.0 Å². The lowest BCUT2D eigenvalue weighted by Crippen LogP contribution is -2.47. The number of aromatic nitrogens is 2. The fraction of sp³-hybridized carbons (Fsp3) is 0.211. The van der Waals surface area contributed by atoms with Gasteiger partial charge in [0.05, 0.1) is 4.90 Å². The summed E-state index contributed by atoms with van der Waals surface area (Å²) in [6, 6.07) is 14.2. The number of amides is 1. The molecule has 29 heavy (non-hydrogen) atoms. The van der Waals surface area contributed by atoms with E-state index >= 15 is 0 Å². The van der Waals surface area contributed by atoms with Crippen molar-refractivity contribution in [2.75, 3.05) is 5.32 Å². The zero-order valence-electron chi connectivity index (χ0n) is 15.7. The maximum atomic E-state index is 12.7. The van der Waals surface area contributed by atoms with Gasteiger partial charge in [0.25, 0.3) is 0 Å². The van der Waals surface area contributed by atoms with E-state index in [1.165, 1.54) is 35.6 Å². The predicted octanol–water partition coefficient (Wildman–Crippen LogP) is 3.80. The summed E-state index contributed by atoms with van der Waals surface area (Å²) in [4.78, 5) is 12.8. The van der Waals surface area contributed by atoms with Gasteiger partial charge in [-0.15, -0.1) is 10.2 Å². The van der Waals surface area contributed by atoms with Crippen molar-refractivity contribution >= 4 is 44.0 Å². The second-order valence-corrected chi connectivity index (χ2v) is 9.69. The Labute approximate surface area is 178 Å². The summed E-state index contributed by atoms with van der Waals surface area (Å²) in [6.07, 6.45) is 0. The number of carbonyl (C=O) groups excluding carboxylic acids is 1. The summed E-state index contributed by atoms with van der Waals surface area (Å²) in [5.41, 5.74) is 0.884. The summed E-state index contributed by atoms with van der Waals surface area (Å²) in [7, 11) is -3.90. The van der Waals surface area contributed by atoms with Crippen LogP contribution in [-0.4, -0.2) is 30.6 Å². The number of anilines is 1. The third-order valence-electron chi connectivity index (χ3n) is 4.03. The van der Waals surface area contributed by atoms with Gasteiger partial charge in [0.2, 0.25) is 21.1 Å². The van der Waals surface area contributed by atoms with Gasteiger partial charge in [-0.1, -0.05) is 67.1 Å². The molecule has 1 atom stereocenters. The lowest BCUT2D eigenvalue weighted by Gasteiger charge is -2.21. The van der Waals surface area contributed by atoms with Crippen molar-refractivity contribution in [1.82, 2.24) is 14.9 Å². The van der Waals surface area contributed by atoms with Crippen LogP contribution in [0.1, 0.15) is 13.8 Å². The average molecular weight is 451 g/mol. The highest BCUT2D eigenvalue weighted by Gasteiger charge is 2.29. The van der Waals surface area contributed by atoms with Crippen LogP contribution in [-0.2, 0) is 14.8 Å². The molecule has 0 spiro atoms. The largest absolute Gasteiger partial charge is 0.299 e. The molecule has 1 heterocycles. The molecular formula is C19H19ClN4O3S2. The number of rotatable bonds is 7. The molecule has 3 aromatic rings. The molecule has 0 radical (unpaired) electrons. The second kappa shape index (κ2) is 9.00. The van der Waals surface area contributed by atoms with Crippen molar-refractivity contribution in [2.45, 2.75) is 24.8 Å². The molecule has 0 aliphatic carbocycles. The Bertz CT molecular complexity index is 1080. The first-order chi connectivity index (χ1) is 13.8. The molecule has 1 unspecified atom stereocenters. The van der Waals surface area contributed by atoms with Crippen molar-refractivity contribution in [3.05, 3.63) is 59.6 Å². The van der Waals surface area contributed by atoms with E-state index in [1.54, 1.807) is 13.8 Å². The molecule has 0 fully saturated rings. The summed E-state index contributed by atoms with van der Waals surface area (Å²) in [5, 5.41) is 12.1. The predicted molar refractivity (Wildman–Crippen MR) is 114 cm³/mol. The molecule has 3 rings (SSSR count). The molecule has 7 nitrogen and oxygen atoms in total.